The maximum absolute atomic E-state index is 10.3. The van der Waals surface area contributed by atoms with Crippen LogP contribution in [-0.2, 0) is 0 Å². The van der Waals surface area contributed by atoms with Crippen LogP contribution in [-0.4, -0.2) is 15.0 Å². The van der Waals surface area contributed by atoms with E-state index in [1.54, 1.807) is 24.5 Å². The number of halogens is 1. The molecule has 2 aromatic heterocycles. The lowest BCUT2D eigenvalue weighted by Gasteiger charge is -2.03. The lowest BCUT2D eigenvalue weighted by atomic mass is 10.2. The Kier molecular flexibility index (Phi) is 3.15. The Morgan fingerprint density at radius 1 is 1.35 bits per heavy atom. The van der Waals surface area contributed by atoms with Gasteiger partial charge in [0.25, 0.3) is 0 Å². The summed E-state index contributed by atoms with van der Waals surface area (Å²) < 4.78 is 0. The standard InChI is InChI=1S/C10H7ClN4O2/c11-10-9(14-15(16)17)4-3-8(13-10)7-2-1-5-12-6-7/h1-6,14H. The summed E-state index contributed by atoms with van der Waals surface area (Å²) in [6.07, 6.45) is 3.28. The van der Waals surface area contributed by atoms with Crippen LogP contribution in [0.3, 0.4) is 0 Å². The van der Waals surface area contributed by atoms with Gasteiger partial charge in [0.15, 0.2) is 10.2 Å². The van der Waals surface area contributed by atoms with Crippen LogP contribution in [0.4, 0.5) is 5.69 Å². The third-order valence-corrected chi connectivity index (χ3v) is 2.31. The van der Waals surface area contributed by atoms with Crippen LogP contribution in [0.2, 0.25) is 5.15 Å². The molecule has 2 aromatic rings. The Morgan fingerprint density at radius 2 is 2.18 bits per heavy atom. The Hall–Kier alpha value is -2.21. The molecule has 86 valence electrons. The molecule has 0 bridgehead atoms. The van der Waals surface area contributed by atoms with E-state index in [2.05, 4.69) is 9.97 Å². The zero-order chi connectivity index (χ0) is 12.3. The minimum atomic E-state index is -0.688. The van der Waals surface area contributed by atoms with Gasteiger partial charge in [-0.25, -0.2) is 15.1 Å². The summed E-state index contributed by atoms with van der Waals surface area (Å²) in [6.45, 7) is 0. The SMILES string of the molecule is O=[N+]([O-])Nc1ccc(-c2cccnc2)nc1Cl. The first-order valence-electron chi connectivity index (χ1n) is 4.65. The van der Waals surface area contributed by atoms with Crippen molar-refractivity contribution in [2.24, 2.45) is 0 Å². The quantitative estimate of drug-likeness (QED) is 0.514. The molecule has 17 heavy (non-hydrogen) atoms. The van der Waals surface area contributed by atoms with Gasteiger partial charge in [0, 0.05) is 18.0 Å². The predicted molar refractivity (Wildman–Crippen MR) is 63.1 cm³/mol. The van der Waals surface area contributed by atoms with Gasteiger partial charge < -0.3 is 0 Å². The van der Waals surface area contributed by atoms with Crippen molar-refractivity contribution in [1.29, 1.82) is 0 Å². The van der Waals surface area contributed by atoms with Gasteiger partial charge in [0.1, 0.15) is 5.69 Å². The lowest BCUT2D eigenvalue weighted by molar-refractivity contribution is -0.445. The highest BCUT2D eigenvalue weighted by molar-refractivity contribution is 6.32. The van der Waals surface area contributed by atoms with Crippen LogP contribution >= 0.6 is 11.6 Å². The summed E-state index contributed by atoms with van der Waals surface area (Å²) in [5, 5.41) is 9.63. The molecule has 7 heteroatoms. The summed E-state index contributed by atoms with van der Waals surface area (Å²) in [5.74, 6) is 0. The molecule has 0 aliphatic rings. The van der Waals surface area contributed by atoms with E-state index in [0.29, 0.717) is 5.69 Å². The number of hydrogen-bond donors (Lipinski definition) is 1. The summed E-state index contributed by atoms with van der Waals surface area (Å²) >= 11 is 5.82. The van der Waals surface area contributed by atoms with Crippen LogP contribution in [0.5, 0.6) is 0 Å². The number of aromatic nitrogens is 2. The summed E-state index contributed by atoms with van der Waals surface area (Å²) in [7, 11) is 0. The second-order valence-corrected chi connectivity index (χ2v) is 3.50. The number of nitrogens with zero attached hydrogens (tertiary/aromatic N) is 3. The Balaban J connectivity index is 2.34. The molecule has 0 unspecified atom stereocenters. The van der Waals surface area contributed by atoms with E-state index >= 15 is 0 Å². The molecule has 0 aliphatic carbocycles. The van der Waals surface area contributed by atoms with Gasteiger partial charge in [-0.3, -0.25) is 4.98 Å². The average Bonchev–Trinajstić information content (AvgIpc) is 2.32. The second-order valence-electron chi connectivity index (χ2n) is 3.15. The van der Waals surface area contributed by atoms with E-state index in [-0.39, 0.29) is 10.8 Å². The molecule has 0 amide bonds. The fourth-order valence-electron chi connectivity index (χ4n) is 1.29. The van der Waals surface area contributed by atoms with Crippen molar-refractivity contribution in [1.82, 2.24) is 9.97 Å². The number of nitrogens with one attached hydrogen (secondary N) is 1. The van der Waals surface area contributed by atoms with Gasteiger partial charge in [0.2, 0.25) is 0 Å². The van der Waals surface area contributed by atoms with Gasteiger partial charge in [0.05, 0.1) is 5.69 Å². The Morgan fingerprint density at radius 3 is 2.76 bits per heavy atom. The zero-order valence-electron chi connectivity index (χ0n) is 8.50. The van der Waals surface area contributed by atoms with E-state index in [1.807, 2.05) is 11.5 Å². The van der Waals surface area contributed by atoms with Crippen molar-refractivity contribution < 1.29 is 5.03 Å². The summed E-state index contributed by atoms with van der Waals surface area (Å²) in [4.78, 5) is 18.3. The Bertz CT molecular complexity index is 547. The Labute approximate surface area is 101 Å². The molecule has 2 rings (SSSR count). The molecule has 2 heterocycles. The van der Waals surface area contributed by atoms with E-state index in [9.17, 15) is 10.1 Å². The second kappa shape index (κ2) is 4.75. The van der Waals surface area contributed by atoms with Crippen LogP contribution in [0.1, 0.15) is 0 Å². The topological polar surface area (TPSA) is 81.0 Å². The smallest absolute Gasteiger partial charge is 0.162 e. The van der Waals surface area contributed by atoms with Gasteiger partial charge in [-0.2, -0.15) is 0 Å². The molecule has 0 atom stereocenters. The number of hydrazine groups is 1. The maximum atomic E-state index is 10.3. The molecule has 0 spiro atoms. The highest BCUT2D eigenvalue weighted by Crippen LogP contribution is 2.24. The van der Waals surface area contributed by atoms with E-state index in [1.165, 1.54) is 6.07 Å². The number of rotatable bonds is 3. The highest BCUT2D eigenvalue weighted by Gasteiger charge is 2.08. The number of nitro groups is 1. The average molecular weight is 251 g/mol. The molecular weight excluding hydrogens is 244 g/mol. The van der Waals surface area contributed by atoms with Crippen LogP contribution in [0.15, 0.2) is 36.7 Å². The summed E-state index contributed by atoms with van der Waals surface area (Å²) in [6, 6.07) is 6.73. The first kappa shape index (κ1) is 11.3. The highest BCUT2D eigenvalue weighted by atomic mass is 35.5. The third kappa shape index (κ3) is 2.67. The molecule has 0 aromatic carbocycles. The van der Waals surface area contributed by atoms with Crippen LogP contribution in [0.25, 0.3) is 11.3 Å². The van der Waals surface area contributed by atoms with Gasteiger partial charge in [-0.15, -0.1) is 5.43 Å². The molecule has 0 saturated carbocycles. The van der Waals surface area contributed by atoms with Crippen molar-refractivity contribution in [3.05, 3.63) is 51.9 Å². The fourth-order valence-corrected chi connectivity index (χ4v) is 1.49. The van der Waals surface area contributed by atoms with Crippen molar-refractivity contribution in [3.63, 3.8) is 0 Å². The van der Waals surface area contributed by atoms with E-state index in [0.717, 1.165) is 5.56 Å². The van der Waals surface area contributed by atoms with E-state index < -0.39 is 5.03 Å². The van der Waals surface area contributed by atoms with Crippen LogP contribution < -0.4 is 5.43 Å². The first-order valence-corrected chi connectivity index (χ1v) is 5.02. The molecule has 1 N–H and O–H groups in total. The molecular formula is C10H7ClN4O2. The van der Waals surface area contributed by atoms with Crippen molar-refractivity contribution in [2.75, 3.05) is 5.43 Å². The molecule has 0 saturated heterocycles. The van der Waals surface area contributed by atoms with Gasteiger partial charge in [-0.1, -0.05) is 11.6 Å². The fraction of sp³-hybridized carbons (Fsp3) is 0. The minimum Gasteiger partial charge on any atom is -0.264 e. The van der Waals surface area contributed by atoms with Crippen molar-refractivity contribution in [3.8, 4) is 11.3 Å². The third-order valence-electron chi connectivity index (χ3n) is 2.02. The van der Waals surface area contributed by atoms with E-state index in [4.69, 9.17) is 11.6 Å². The minimum absolute atomic E-state index is 0.0445. The normalized spacial score (nSPS) is 9.94. The number of anilines is 1. The number of pyridine rings is 2. The first-order chi connectivity index (χ1) is 8.16. The van der Waals surface area contributed by atoms with Gasteiger partial charge >= 0.3 is 0 Å². The maximum Gasteiger partial charge on any atom is 0.162 e. The molecule has 6 nitrogen and oxygen atoms in total. The lowest BCUT2D eigenvalue weighted by Crippen LogP contribution is -2.08. The monoisotopic (exact) mass is 250 g/mol. The summed E-state index contributed by atoms with van der Waals surface area (Å²) in [5.41, 5.74) is 3.52. The molecule has 0 fully saturated rings. The molecule has 0 aliphatic heterocycles. The van der Waals surface area contributed by atoms with Crippen molar-refractivity contribution in [2.45, 2.75) is 0 Å². The van der Waals surface area contributed by atoms with Gasteiger partial charge in [-0.05, 0) is 24.3 Å². The largest absolute Gasteiger partial charge is 0.264 e. The zero-order valence-corrected chi connectivity index (χ0v) is 9.26. The number of hydrogen-bond acceptors (Lipinski definition) is 4. The molecule has 0 radical (unpaired) electrons. The predicted octanol–water partition coefficient (Wildman–Crippen LogP) is 2.40. The van der Waals surface area contributed by atoms with Crippen molar-refractivity contribution >= 4 is 17.3 Å². The van der Waals surface area contributed by atoms with Crippen LogP contribution in [0, 0.1) is 10.1 Å².